The van der Waals surface area contributed by atoms with Crippen molar-refractivity contribution in [2.24, 2.45) is 5.73 Å². The number of carbonyl (C=O) groups excluding carboxylic acids is 1. The van der Waals surface area contributed by atoms with Crippen molar-refractivity contribution in [3.8, 4) is 11.5 Å². The van der Waals surface area contributed by atoms with Crippen molar-refractivity contribution in [3.63, 3.8) is 0 Å². The SMILES string of the molecule is CCCCOc1ccc(CNC(=O)C2(N)CCCC2)cc1OC.Cl. The summed E-state index contributed by atoms with van der Waals surface area (Å²) in [7, 11) is 1.62. The Morgan fingerprint density at radius 2 is 2.00 bits per heavy atom. The minimum atomic E-state index is -0.687. The number of methoxy groups -OCH3 is 1. The van der Waals surface area contributed by atoms with Crippen LogP contribution in [-0.4, -0.2) is 25.2 Å². The molecule has 0 spiro atoms. The molecule has 2 rings (SSSR count). The van der Waals surface area contributed by atoms with Gasteiger partial charge in [-0.25, -0.2) is 0 Å². The highest BCUT2D eigenvalue weighted by molar-refractivity contribution is 5.86. The van der Waals surface area contributed by atoms with Gasteiger partial charge in [0, 0.05) is 6.54 Å². The normalized spacial score (nSPS) is 15.5. The molecule has 1 aromatic rings. The lowest BCUT2D eigenvalue weighted by atomic mass is 9.98. The Hall–Kier alpha value is -1.46. The van der Waals surface area contributed by atoms with E-state index in [1.807, 2.05) is 18.2 Å². The van der Waals surface area contributed by atoms with Gasteiger partial charge in [0.05, 0.1) is 19.3 Å². The summed E-state index contributed by atoms with van der Waals surface area (Å²) in [5.41, 5.74) is 6.44. The van der Waals surface area contributed by atoms with E-state index in [1.165, 1.54) is 0 Å². The zero-order chi connectivity index (χ0) is 16.7. The number of halogens is 1. The van der Waals surface area contributed by atoms with Crippen molar-refractivity contribution < 1.29 is 14.3 Å². The molecule has 136 valence electrons. The van der Waals surface area contributed by atoms with E-state index in [0.717, 1.165) is 49.8 Å². The van der Waals surface area contributed by atoms with Crippen molar-refractivity contribution >= 4 is 18.3 Å². The third-order valence-corrected chi connectivity index (χ3v) is 4.38. The smallest absolute Gasteiger partial charge is 0.240 e. The van der Waals surface area contributed by atoms with Gasteiger partial charge < -0.3 is 20.5 Å². The Labute approximate surface area is 150 Å². The lowest BCUT2D eigenvalue weighted by Gasteiger charge is -2.22. The van der Waals surface area contributed by atoms with Crippen LogP contribution in [0.25, 0.3) is 0 Å². The van der Waals surface area contributed by atoms with Crippen LogP contribution in [0.3, 0.4) is 0 Å². The molecule has 1 saturated carbocycles. The number of nitrogens with one attached hydrogen (secondary N) is 1. The number of rotatable bonds is 8. The number of hydrogen-bond acceptors (Lipinski definition) is 4. The fraction of sp³-hybridized carbons (Fsp3) is 0.611. The van der Waals surface area contributed by atoms with Crippen LogP contribution in [0.5, 0.6) is 11.5 Å². The molecule has 24 heavy (non-hydrogen) atoms. The summed E-state index contributed by atoms with van der Waals surface area (Å²) in [5, 5.41) is 2.94. The van der Waals surface area contributed by atoms with Gasteiger partial charge in [-0.2, -0.15) is 0 Å². The second kappa shape index (κ2) is 9.74. The number of ether oxygens (including phenoxy) is 2. The van der Waals surface area contributed by atoms with Gasteiger partial charge in [0.2, 0.25) is 5.91 Å². The molecule has 5 nitrogen and oxygen atoms in total. The van der Waals surface area contributed by atoms with Gasteiger partial charge in [-0.3, -0.25) is 4.79 Å². The third-order valence-electron chi connectivity index (χ3n) is 4.38. The zero-order valence-electron chi connectivity index (χ0n) is 14.6. The highest BCUT2D eigenvalue weighted by atomic mass is 35.5. The number of amides is 1. The highest BCUT2D eigenvalue weighted by Crippen LogP contribution is 2.29. The first-order chi connectivity index (χ1) is 11.1. The van der Waals surface area contributed by atoms with Crippen molar-refractivity contribution in [1.29, 1.82) is 0 Å². The molecule has 0 heterocycles. The van der Waals surface area contributed by atoms with Gasteiger partial charge >= 0.3 is 0 Å². The molecule has 6 heteroatoms. The fourth-order valence-electron chi connectivity index (χ4n) is 2.86. The minimum absolute atomic E-state index is 0. The second-order valence-electron chi connectivity index (χ2n) is 6.23. The van der Waals surface area contributed by atoms with Crippen LogP contribution in [0.15, 0.2) is 18.2 Å². The summed E-state index contributed by atoms with van der Waals surface area (Å²) in [6.07, 6.45) is 5.70. The largest absolute Gasteiger partial charge is 0.493 e. The van der Waals surface area contributed by atoms with Crippen molar-refractivity contribution in [3.05, 3.63) is 23.8 Å². The molecule has 1 aliphatic carbocycles. The van der Waals surface area contributed by atoms with E-state index in [1.54, 1.807) is 7.11 Å². The summed E-state index contributed by atoms with van der Waals surface area (Å²) >= 11 is 0. The molecule has 1 fully saturated rings. The summed E-state index contributed by atoms with van der Waals surface area (Å²) in [6, 6.07) is 5.74. The highest BCUT2D eigenvalue weighted by Gasteiger charge is 2.36. The van der Waals surface area contributed by atoms with Gasteiger partial charge in [0.15, 0.2) is 11.5 Å². The molecule has 1 aliphatic rings. The Bertz CT molecular complexity index is 531. The maximum Gasteiger partial charge on any atom is 0.240 e. The van der Waals surface area contributed by atoms with Crippen LogP contribution in [0.2, 0.25) is 0 Å². The lowest BCUT2D eigenvalue weighted by Crippen LogP contribution is -2.51. The van der Waals surface area contributed by atoms with Crippen molar-refractivity contribution in [1.82, 2.24) is 5.32 Å². The molecule has 0 bridgehead atoms. The molecule has 0 saturated heterocycles. The van der Waals surface area contributed by atoms with Gasteiger partial charge in [-0.15, -0.1) is 12.4 Å². The molecule has 0 unspecified atom stereocenters. The van der Waals surface area contributed by atoms with Crippen LogP contribution in [0.4, 0.5) is 0 Å². The van der Waals surface area contributed by atoms with Crippen LogP contribution < -0.4 is 20.5 Å². The molecular weight excluding hydrogens is 328 g/mol. The maximum absolute atomic E-state index is 12.2. The standard InChI is InChI=1S/C18H28N2O3.ClH/c1-3-4-11-23-15-8-7-14(12-16(15)22-2)13-20-17(21)18(19)9-5-6-10-18;/h7-8,12H,3-6,9-11,13,19H2,1-2H3,(H,20,21);1H. The van der Waals surface area contributed by atoms with Gasteiger partial charge in [0.1, 0.15) is 0 Å². The fourth-order valence-corrected chi connectivity index (χ4v) is 2.86. The quantitative estimate of drug-likeness (QED) is 0.701. The van der Waals surface area contributed by atoms with Crippen LogP contribution >= 0.6 is 12.4 Å². The van der Waals surface area contributed by atoms with Gasteiger partial charge in [-0.1, -0.05) is 32.3 Å². The Balaban J connectivity index is 0.00000288. The first-order valence-corrected chi connectivity index (χ1v) is 8.46. The van der Waals surface area contributed by atoms with E-state index < -0.39 is 5.54 Å². The monoisotopic (exact) mass is 356 g/mol. The van der Waals surface area contributed by atoms with E-state index in [9.17, 15) is 4.79 Å². The first kappa shape index (κ1) is 20.6. The Kier molecular flexibility index (Phi) is 8.36. The van der Waals surface area contributed by atoms with Gasteiger partial charge in [-0.05, 0) is 37.0 Å². The summed E-state index contributed by atoms with van der Waals surface area (Å²) in [4.78, 5) is 12.2. The number of carbonyl (C=O) groups is 1. The van der Waals surface area contributed by atoms with Crippen LogP contribution in [-0.2, 0) is 11.3 Å². The molecule has 0 radical (unpaired) electrons. The number of unbranched alkanes of at least 4 members (excludes halogenated alkanes) is 1. The van der Waals surface area contributed by atoms with Crippen LogP contribution in [0.1, 0.15) is 51.0 Å². The maximum atomic E-state index is 12.2. The average molecular weight is 357 g/mol. The molecule has 0 atom stereocenters. The third kappa shape index (κ3) is 5.28. The molecular formula is C18H29ClN2O3. The van der Waals surface area contributed by atoms with E-state index in [2.05, 4.69) is 12.2 Å². The predicted octanol–water partition coefficient (Wildman–Crippen LogP) is 3.18. The molecule has 3 N–H and O–H groups in total. The summed E-state index contributed by atoms with van der Waals surface area (Å²) < 4.78 is 11.1. The topological polar surface area (TPSA) is 73.6 Å². The molecule has 1 amide bonds. The van der Waals surface area contributed by atoms with E-state index in [4.69, 9.17) is 15.2 Å². The molecule has 0 aromatic heterocycles. The summed E-state index contributed by atoms with van der Waals surface area (Å²) in [5.74, 6) is 1.37. The number of nitrogens with two attached hydrogens (primary N) is 1. The Morgan fingerprint density at radius 1 is 1.29 bits per heavy atom. The Morgan fingerprint density at radius 3 is 2.62 bits per heavy atom. The molecule has 0 aliphatic heterocycles. The van der Waals surface area contributed by atoms with E-state index >= 15 is 0 Å². The number of hydrogen-bond donors (Lipinski definition) is 2. The average Bonchev–Trinajstić information content (AvgIpc) is 3.01. The molecule has 1 aromatic carbocycles. The predicted molar refractivity (Wildman–Crippen MR) is 97.9 cm³/mol. The van der Waals surface area contributed by atoms with Crippen molar-refractivity contribution in [2.75, 3.05) is 13.7 Å². The van der Waals surface area contributed by atoms with Crippen molar-refractivity contribution in [2.45, 2.75) is 57.5 Å². The van der Waals surface area contributed by atoms with Crippen LogP contribution in [0, 0.1) is 0 Å². The second-order valence-corrected chi connectivity index (χ2v) is 6.23. The zero-order valence-corrected chi connectivity index (χ0v) is 15.4. The summed E-state index contributed by atoms with van der Waals surface area (Å²) in [6.45, 7) is 3.25. The lowest BCUT2D eigenvalue weighted by molar-refractivity contribution is -0.126. The van der Waals surface area contributed by atoms with Gasteiger partial charge in [0.25, 0.3) is 0 Å². The first-order valence-electron chi connectivity index (χ1n) is 8.46. The van der Waals surface area contributed by atoms with E-state index in [0.29, 0.717) is 18.9 Å². The van der Waals surface area contributed by atoms with E-state index in [-0.39, 0.29) is 18.3 Å². The minimum Gasteiger partial charge on any atom is -0.493 e. The number of benzene rings is 1.